The molecule has 6 heteroatoms. The van der Waals surface area contributed by atoms with Crippen LogP contribution in [0.5, 0.6) is 0 Å². The van der Waals surface area contributed by atoms with Crippen molar-refractivity contribution in [3.63, 3.8) is 0 Å². The first kappa shape index (κ1) is 16.8. The Morgan fingerprint density at radius 1 is 1.12 bits per heavy atom. The molecule has 0 radical (unpaired) electrons. The summed E-state index contributed by atoms with van der Waals surface area (Å²) >= 11 is 0. The molecule has 0 amide bonds. The van der Waals surface area contributed by atoms with Gasteiger partial charge in [-0.15, -0.1) is 0 Å². The Hall–Kier alpha value is -2.63. The number of benzene rings is 1. The Bertz CT molecular complexity index is 1060. The summed E-state index contributed by atoms with van der Waals surface area (Å²) in [4.78, 5) is 7.48. The zero-order chi connectivity index (χ0) is 16.8. The van der Waals surface area contributed by atoms with Crippen LogP contribution >= 0.6 is 0 Å². The smallest absolute Gasteiger partial charge is 1.00 e. The van der Waals surface area contributed by atoms with Crippen molar-refractivity contribution in [1.82, 2.24) is 25.1 Å². The van der Waals surface area contributed by atoms with Gasteiger partial charge in [0.25, 0.3) is 0 Å². The van der Waals surface area contributed by atoms with E-state index in [0.29, 0.717) is 0 Å². The standard InChI is InChI=1S/C20H19N5.ClH/c1-13-20-18(15-4-7-21-8-5-15)19(24-25(20)11-10-22-13)16-3-2-14-6-9-23-17(14)12-16;/h2-9,12-13,22-23H,10-11H2,1H3;1H. The molecule has 0 fully saturated rings. The van der Waals surface area contributed by atoms with E-state index in [1.54, 1.807) is 0 Å². The van der Waals surface area contributed by atoms with Crippen molar-refractivity contribution in [2.45, 2.75) is 19.5 Å². The molecule has 0 aliphatic carbocycles. The van der Waals surface area contributed by atoms with Gasteiger partial charge in [0, 0.05) is 47.8 Å². The lowest BCUT2D eigenvalue weighted by atomic mass is 9.96. The Labute approximate surface area is 159 Å². The number of rotatable bonds is 2. The summed E-state index contributed by atoms with van der Waals surface area (Å²) < 4.78 is 2.16. The number of pyridine rings is 1. The molecule has 1 aromatic carbocycles. The first-order chi connectivity index (χ1) is 12.3. The lowest BCUT2D eigenvalue weighted by Gasteiger charge is -2.23. The van der Waals surface area contributed by atoms with E-state index in [9.17, 15) is 0 Å². The fourth-order valence-corrected chi connectivity index (χ4v) is 3.77. The summed E-state index contributed by atoms with van der Waals surface area (Å²) in [5, 5.41) is 9.75. The van der Waals surface area contributed by atoms with Gasteiger partial charge in [-0.1, -0.05) is 12.1 Å². The summed E-state index contributed by atoms with van der Waals surface area (Å²) in [6.07, 6.45) is 5.67. The SMILES string of the molecule is CC1NCCn2nc(-c3ccc4cc[nH]c4c3)c(-c3ccncc3)c21.[Cl-].[H+]. The molecule has 132 valence electrons. The highest BCUT2D eigenvalue weighted by atomic mass is 35.5. The van der Waals surface area contributed by atoms with Gasteiger partial charge in [0.05, 0.1) is 12.2 Å². The predicted octanol–water partition coefficient (Wildman–Crippen LogP) is 0.874. The van der Waals surface area contributed by atoms with Gasteiger partial charge in [-0.25, -0.2) is 0 Å². The van der Waals surface area contributed by atoms with Gasteiger partial charge in [0.15, 0.2) is 0 Å². The van der Waals surface area contributed by atoms with Crippen LogP contribution < -0.4 is 17.7 Å². The van der Waals surface area contributed by atoms with Crippen LogP contribution in [0.1, 0.15) is 20.1 Å². The Kier molecular flexibility index (Phi) is 4.26. The third-order valence-electron chi connectivity index (χ3n) is 4.97. The van der Waals surface area contributed by atoms with Crippen molar-refractivity contribution in [3.8, 4) is 22.4 Å². The second-order valence-electron chi connectivity index (χ2n) is 6.52. The maximum absolute atomic E-state index is 4.98. The molecule has 4 aromatic rings. The number of nitrogens with zero attached hydrogens (tertiary/aromatic N) is 3. The number of H-pyrrole nitrogens is 1. The molecule has 3 aromatic heterocycles. The highest BCUT2D eigenvalue weighted by Crippen LogP contribution is 2.38. The molecule has 0 saturated carbocycles. The third kappa shape index (κ3) is 2.60. The molecule has 0 bridgehead atoms. The monoisotopic (exact) mass is 365 g/mol. The van der Waals surface area contributed by atoms with Gasteiger partial charge < -0.3 is 22.7 Å². The van der Waals surface area contributed by atoms with E-state index in [1.807, 2.05) is 18.6 Å². The van der Waals surface area contributed by atoms with Crippen molar-refractivity contribution in [2.75, 3.05) is 6.54 Å². The maximum atomic E-state index is 4.98. The lowest BCUT2D eigenvalue weighted by molar-refractivity contribution is -0.00000519. The first-order valence-corrected chi connectivity index (χ1v) is 8.63. The van der Waals surface area contributed by atoms with E-state index in [4.69, 9.17) is 5.10 Å². The lowest BCUT2D eigenvalue weighted by Crippen LogP contribution is -3.00. The quantitative estimate of drug-likeness (QED) is 0.554. The van der Waals surface area contributed by atoms with Gasteiger partial charge in [-0.3, -0.25) is 9.67 Å². The zero-order valence-electron chi connectivity index (χ0n) is 15.4. The normalized spacial score (nSPS) is 16.3. The molecule has 0 saturated heterocycles. The second-order valence-corrected chi connectivity index (χ2v) is 6.52. The molecule has 4 heterocycles. The molecule has 1 aliphatic heterocycles. The summed E-state index contributed by atoms with van der Waals surface area (Å²) in [6.45, 7) is 4.04. The van der Waals surface area contributed by atoms with Crippen LogP contribution in [-0.4, -0.2) is 26.3 Å². The highest BCUT2D eigenvalue weighted by molar-refractivity contribution is 5.89. The average molecular weight is 366 g/mol. The van der Waals surface area contributed by atoms with Crippen LogP contribution in [0.25, 0.3) is 33.3 Å². The largest absolute Gasteiger partial charge is 1.00 e. The van der Waals surface area contributed by atoms with Gasteiger partial charge in [0.1, 0.15) is 5.69 Å². The summed E-state index contributed by atoms with van der Waals surface area (Å²) in [7, 11) is 0. The molecule has 26 heavy (non-hydrogen) atoms. The van der Waals surface area contributed by atoms with Crippen LogP contribution in [0.15, 0.2) is 55.0 Å². The number of halogens is 1. The fourth-order valence-electron chi connectivity index (χ4n) is 3.77. The second kappa shape index (κ2) is 6.59. The molecule has 1 atom stereocenters. The first-order valence-electron chi connectivity index (χ1n) is 8.63. The van der Waals surface area contributed by atoms with Crippen molar-refractivity contribution >= 4 is 10.9 Å². The van der Waals surface area contributed by atoms with Crippen LogP contribution in [0.3, 0.4) is 0 Å². The van der Waals surface area contributed by atoms with Gasteiger partial charge in [0.2, 0.25) is 0 Å². The highest BCUT2D eigenvalue weighted by Gasteiger charge is 2.26. The van der Waals surface area contributed by atoms with E-state index >= 15 is 0 Å². The van der Waals surface area contributed by atoms with Gasteiger partial charge in [-0.2, -0.15) is 5.10 Å². The van der Waals surface area contributed by atoms with Crippen LogP contribution in [-0.2, 0) is 6.54 Å². The van der Waals surface area contributed by atoms with E-state index in [0.717, 1.165) is 35.4 Å². The number of aromatic nitrogens is 4. The van der Waals surface area contributed by atoms with Gasteiger partial charge in [-0.05, 0) is 42.1 Å². The van der Waals surface area contributed by atoms with E-state index < -0.39 is 0 Å². The van der Waals surface area contributed by atoms with Crippen molar-refractivity contribution < 1.29 is 13.8 Å². The molecule has 1 aliphatic rings. The van der Waals surface area contributed by atoms with Gasteiger partial charge >= 0.3 is 1.43 Å². The number of fused-ring (bicyclic) bond motifs is 2. The van der Waals surface area contributed by atoms with Crippen molar-refractivity contribution in [1.29, 1.82) is 0 Å². The Balaban J connectivity index is 0.00000105. The molecule has 5 rings (SSSR count). The van der Waals surface area contributed by atoms with E-state index in [-0.39, 0.29) is 19.9 Å². The molecular formula is C20H20ClN5. The summed E-state index contributed by atoms with van der Waals surface area (Å²) in [5.74, 6) is 0. The van der Waals surface area contributed by atoms with E-state index in [2.05, 4.69) is 63.3 Å². The fraction of sp³-hybridized carbons (Fsp3) is 0.200. The average Bonchev–Trinajstić information content (AvgIpc) is 3.26. The van der Waals surface area contributed by atoms with Crippen molar-refractivity contribution in [2.24, 2.45) is 0 Å². The Morgan fingerprint density at radius 3 is 2.81 bits per heavy atom. The maximum Gasteiger partial charge on any atom is 1.00 e. The number of aromatic amines is 1. The molecule has 0 spiro atoms. The van der Waals surface area contributed by atoms with Crippen LogP contribution in [0, 0.1) is 0 Å². The molecular weight excluding hydrogens is 346 g/mol. The molecule has 1 unspecified atom stereocenters. The number of hydrogen-bond acceptors (Lipinski definition) is 3. The number of nitrogens with one attached hydrogen (secondary N) is 2. The molecule has 5 nitrogen and oxygen atoms in total. The molecule has 2 N–H and O–H groups in total. The summed E-state index contributed by atoms with van der Waals surface area (Å²) in [6, 6.07) is 13.0. The summed E-state index contributed by atoms with van der Waals surface area (Å²) in [5.41, 5.74) is 6.92. The third-order valence-corrected chi connectivity index (χ3v) is 4.97. The minimum Gasteiger partial charge on any atom is -1.00 e. The number of hydrogen-bond donors (Lipinski definition) is 2. The van der Waals surface area contributed by atoms with Crippen molar-refractivity contribution in [3.05, 3.63) is 60.7 Å². The minimum absolute atomic E-state index is 0. The topological polar surface area (TPSA) is 58.5 Å². The van der Waals surface area contributed by atoms with E-state index in [1.165, 1.54) is 16.6 Å². The zero-order valence-corrected chi connectivity index (χ0v) is 15.2. The minimum atomic E-state index is 0. The van der Waals surface area contributed by atoms with Crippen LogP contribution in [0.2, 0.25) is 0 Å². The van der Waals surface area contributed by atoms with Crippen LogP contribution in [0.4, 0.5) is 0 Å². The predicted molar refractivity (Wildman–Crippen MR) is 100 cm³/mol. The Morgan fingerprint density at radius 2 is 1.96 bits per heavy atom.